The molecule has 0 radical (unpaired) electrons. The highest BCUT2D eigenvalue weighted by atomic mass is 16.4. The lowest BCUT2D eigenvalue weighted by Crippen LogP contribution is -2.26. The van der Waals surface area contributed by atoms with Gasteiger partial charge in [-0.25, -0.2) is 0 Å². The maximum Gasteiger partial charge on any atom is 0.303 e. The third-order valence-electron chi connectivity index (χ3n) is 5.56. The van der Waals surface area contributed by atoms with Gasteiger partial charge in [0, 0.05) is 18.3 Å². The van der Waals surface area contributed by atoms with Crippen molar-refractivity contribution in [2.75, 3.05) is 0 Å². The standard InChI is InChI=1S/C21H36O4/c1-3-4-7-10-18(22)14-12-17-13-15-19(23)21(17,2)16-9-6-5-8-11-20(24)25/h13,18,22H,3-12,14-16H2,1-2H3,(H,24,25)/t18?,21-/m1/s1. The first-order valence-electron chi connectivity index (χ1n) is 10.0. The maximum absolute atomic E-state index is 12.4. The van der Waals surface area contributed by atoms with Gasteiger partial charge in [0.2, 0.25) is 0 Å². The molecular formula is C21H36O4. The molecule has 1 aliphatic rings. The zero-order valence-corrected chi connectivity index (χ0v) is 16.1. The Balaban J connectivity index is 2.35. The molecule has 0 saturated carbocycles. The normalized spacial score (nSPS) is 21.4. The van der Waals surface area contributed by atoms with Crippen LogP contribution >= 0.6 is 0 Å². The van der Waals surface area contributed by atoms with Crippen molar-refractivity contribution in [1.29, 1.82) is 0 Å². The van der Waals surface area contributed by atoms with Gasteiger partial charge < -0.3 is 10.2 Å². The van der Waals surface area contributed by atoms with Gasteiger partial charge in [0.15, 0.2) is 0 Å². The summed E-state index contributed by atoms with van der Waals surface area (Å²) in [5.41, 5.74) is 0.841. The average molecular weight is 353 g/mol. The smallest absolute Gasteiger partial charge is 0.303 e. The number of hydrogen-bond donors (Lipinski definition) is 2. The molecule has 0 spiro atoms. The Labute approximate surface area is 152 Å². The molecule has 2 N–H and O–H groups in total. The van der Waals surface area contributed by atoms with Gasteiger partial charge in [0.05, 0.1) is 6.10 Å². The molecule has 0 heterocycles. The van der Waals surface area contributed by atoms with Gasteiger partial charge in [-0.1, -0.05) is 57.1 Å². The Morgan fingerprint density at radius 3 is 2.56 bits per heavy atom. The van der Waals surface area contributed by atoms with Gasteiger partial charge in [-0.05, 0) is 39.0 Å². The van der Waals surface area contributed by atoms with Crippen molar-refractivity contribution >= 4 is 11.8 Å². The number of Topliss-reactive ketones (excluding diaryl/α,β-unsaturated/α-hetero) is 1. The van der Waals surface area contributed by atoms with Gasteiger partial charge in [0.25, 0.3) is 0 Å². The van der Waals surface area contributed by atoms with E-state index in [4.69, 9.17) is 5.11 Å². The highest BCUT2D eigenvalue weighted by molar-refractivity contribution is 5.91. The molecule has 1 unspecified atom stereocenters. The van der Waals surface area contributed by atoms with Crippen molar-refractivity contribution in [3.05, 3.63) is 11.6 Å². The third-order valence-corrected chi connectivity index (χ3v) is 5.56. The SMILES string of the molecule is CCCCCC(O)CCC1=CCC(=O)[C@]1(C)CCCCCCC(=O)O. The van der Waals surface area contributed by atoms with Gasteiger partial charge in [-0.15, -0.1) is 0 Å². The van der Waals surface area contributed by atoms with Gasteiger partial charge in [-0.3, -0.25) is 9.59 Å². The number of ketones is 1. The van der Waals surface area contributed by atoms with Crippen LogP contribution in [0.2, 0.25) is 0 Å². The number of hydrogen-bond acceptors (Lipinski definition) is 3. The maximum atomic E-state index is 12.4. The van der Waals surface area contributed by atoms with E-state index in [0.717, 1.165) is 64.2 Å². The van der Waals surface area contributed by atoms with E-state index in [0.29, 0.717) is 18.6 Å². The summed E-state index contributed by atoms with van der Waals surface area (Å²) >= 11 is 0. The lowest BCUT2D eigenvalue weighted by Gasteiger charge is -2.27. The fourth-order valence-corrected chi connectivity index (χ4v) is 3.73. The van der Waals surface area contributed by atoms with Crippen LogP contribution in [0.3, 0.4) is 0 Å². The van der Waals surface area contributed by atoms with E-state index in [2.05, 4.69) is 19.9 Å². The highest BCUT2D eigenvalue weighted by Crippen LogP contribution is 2.42. The Bertz CT molecular complexity index is 455. The summed E-state index contributed by atoms with van der Waals surface area (Å²) in [5.74, 6) is -0.436. The predicted molar refractivity (Wildman–Crippen MR) is 101 cm³/mol. The van der Waals surface area contributed by atoms with Crippen LogP contribution in [-0.2, 0) is 9.59 Å². The molecule has 0 fully saturated rings. The minimum Gasteiger partial charge on any atom is -0.481 e. The van der Waals surface area contributed by atoms with Crippen molar-refractivity contribution in [3.63, 3.8) is 0 Å². The summed E-state index contributed by atoms with van der Waals surface area (Å²) in [6.45, 7) is 4.21. The molecule has 1 aliphatic carbocycles. The number of unbranched alkanes of at least 4 members (excludes halogenated alkanes) is 5. The van der Waals surface area contributed by atoms with Crippen molar-refractivity contribution in [3.8, 4) is 0 Å². The average Bonchev–Trinajstić information content (AvgIpc) is 2.84. The highest BCUT2D eigenvalue weighted by Gasteiger charge is 2.39. The first-order chi connectivity index (χ1) is 11.9. The summed E-state index contributed by atoms with van der Waals surface area (Å²) in [6.07, 6.45) is 12.8. The molecule has 0 saturated heterocycles. The molecule has 0 aliphatic heterocycles. The second-order valence-corrected chi connectivity index (χ2v) is 7.69. The van der Waals surface area contributed by atoms with Crippen LogP contribution < -0.4 is 0 Å². The van der Waals surface area contributed by atoms with Crippen molar-refractivity contribution < 1.29 is 19.8 Å². The van der Waals surface area contributed by atoms with Crippen molar-refractivity contribution in [2.45, 2.75) is 103 Å². The zero-order chi connectivity index (χ0) is 18.7. The second-order valence-electron chi connectivity index (χ2n) is 7.69. The van der Waals surface area contributed by atoms with E-state index in [1.807, 2.05) is 0 Å². The molecule has 0 bridgehead atoms. The zero-order valence-electron chi connectivity index (χ0n) is 16.1. The van der Waals surface area contributed by atoms with Crippen LogP contribution in [-0.4, -0.2) is 28.1 Å². The molecule has 2 atom stereocenters. The topological polar surface area (TPSA) is 74.6 Å². The predicted octanol–water partition coefficient (Wildman–Crippen LogP) is 5.04. The third kappa shape index (κ3) is 7.72. The number of aliphatic carboxylic acids is 1. The summed E-state index contributed by atoms with van der Waals surface area (Å²) < 4.78 is 0. The first kappa shape index (κ1) is 21.9. The number of aliphatic hydroxyl groups excluding tert-OH is 1. The summed E-state index contributed by atoms with van der Waals surface area (Å²) in [7, 11) is 0. The monoisotopic (exact) mass is 352 g/mol. The lowest BCUT2D eigenvalue weighted by atomic mass is 9.76. The van der Waals surface area contributed by atoms with Gasteiger partial charge in [0.1, 0.15) is 5.78 Å². The van der Waals surface area contributed by atoms with Crippen LogP contribution in [0.25, 0.3) is 0 Å². The minimum atomic E-state index is -0.736. The van der Waals surface area contributed by atoms with E-state index in [1.165, 1.54) is 5.57 Å². The van der Waals surface area contributed by atoms with E-state index in [-0.39, 0.29) is 17.9 Å². The summed E-state index contributed by atoms with van der Waals surface area (Å²) in [5, 5.41) is 18.8. The Morgan fingerprint density at radius 2 is 1.88 bits per heavy atom. The van der Waals surface area contributed by atoms with Crippen molar-refractivity contribution in [2.24, 2.45) is 5.41 Å². The molecule has 4 heteroatoms. The molecule has 25 heavy (non-hydrogen) atoms. The fourth-order valence-electron chi connectivity index (χ4n) is 3.73. The number of carbonyl (C=O) groups excluding carboxylic acids is 1. The molecule has 0 aromatic rings. The molecule has 1 rings (SSSR count). The van der Waals surface area contributed by atoms with E-state index in [9.17, 15) is 14.7 Å². The van der Waals surface area contributed by atoms with Crippen LogP contribution in [0.15, 0.2) is 11.6 Å². The second kappa shape index (κ2) is 11.5. The molecule has 0 aromatic heterocycles. The van der Waals surface area contributed by atoms with Crippen LogP contribution in [0.4, 0.5) is 0 Å². The van der Waals surface area contributed by atoms with Gasteiger partial charge in [-0.2, -0.15) is 0 Å². The van der Waals surface area contributed by atoms with Crippen LogP contribution in [0, 0.1) is 5.41 Å². The molecule has 4 nitrogen and oxygen atoms in total. The largest absolute Gasteiger partial charge is 0.481 e. The Morgan fingerprint density at radius 1 is 1.16 bits per heavy atom. The molecule has 0 amide bonds. The van der Waals surface area contributed by atoms with E-state index >= 15 is 0 Å². The lowest BCUT2D eigenvalue weighted by molar-refractivity contribution is -0.137. The van der Waals surface area contributed by atoms with Gasteiger partial charge >= 0.3 is 5.97 Å². The summed E-state index contributed by atoms with van der Waals surface area (Å²) in [6, 6.07) is 0. The first-order valence-corrected chi connectivity index (χ1v) is 10.0. The quantitative estimate of drug-likeness (QED) is 0.339. The summed E-state index contributed by atoms with van der Waals surface area (Å²) in [4.78, 5) is 22.9. The number of allylic oxidation sites excluding steroid dienone is 2. The van der Waals surface area contributed by atoms with Crippen LogP contribution in [0.1, 0.15) is 97.3 Å². The van der Waals surface area contributed by atoms with Crippen molar-refractivity contribution in [1.82, 2.24) is 0 Å². The Kier molecular flexibility index (Phi) is 10.0. The number of rotatable bonds is 14. The molecule has 144 valence electrons. The Hall–Kier alpha value is -1.16. The van der Waals surface area contributed by atoms with E-state index < -0.39 is 5.97 Å². The fraction of sp³-hybridized carbons (Fsp3) is 0.810. The number of carboxylic acids is 1. The molecular weight excluding hydrogens is 316 g/mol. The number of carbonyl (C=O) groups is 2. The van der Waals surface area contributed by atoms with E-state index in [1.54, 1.807) is 0 Å². The molecule has 0 aromatic carbocycles. The van der Waals surface area contributed by atoms with Crippen LogP contribution in [0.5, 0.6) is 0 Å². The minimum absolute atomic E-state index is 0.233. The number of carboxylic acid groups (broad SMARTS) is 1. The number of aliphatic hydroxyl groups is 1.